The van der Waals surface area contributed by atoms with E-state index in [4.69, 9.17) is 5.84 Å². The van der Waals surface area contributed by atoms with Gasteiger partial charge in [-0.2, -0.15) is 0 Å². The number of fused-ring (bicyclic) bond motifs is 1. The number of hydrogen-bond acceptors (Lipinski definition) is 3. The second-order valence-electron chi connectivity index (χ2n) is 3.57. The summed E-state index contributed by atoms with van der Waals surface area (Å²) in [5.74, 6) is 6.19. The minimum Gasteiger partial charge on any atom is -0.309 e. The maximum atomic E-state index is 5.45. The maximum absolute atomic E-state index is 5.45. The molecule has 0 radical (unpaired) electrons. The van der Waals surface area contributed by atoms with Crippen molar-refractivity contribution in [3.05, 3.63) is 24.3 Å². The summed E-state index contributed by atoms with van der Waals surface area (Å²) in [6.07, 6.45) is 2.30. The van der Waals surface area contributed by atoms with Crippen LogP contribution < -0.4 is 11.3 Å². The number of nitrogens with zero attached hydrogens (tertiary/aromatic N) is 2. The Morgan fingerprint density at radius 2 is 2.20 bits per heavy atom. The van der Waals surface area contributed by atoms with Crippen LogP contribution >= 0.6 is 0 Å². The molecule has 0 fully saturated rings. The number of benzene rings is 1. The quantitative estimate of drug-likeness (QED) is 0.592. The van der Waals surface area contributed by atoms with Gasteiger partial charge in [0.15, 0.2) is 0 Å². The van der Waals surface area contributed by atoms with E-state index in [1.807, 2.05) is 18.2 Å². The van der Waals surface area contributed by atoms with Crippen molar-refractivity contribution in [2.45, 2.75) is 26.3 Å². The molecule has 2 aromatic rings. The Morgan fingerprint density at radius 1 is 1.40 bits per heavy atom. The van der Waals surface area contributed by atoms with E-state index >= 15 is 0 Å². The molecule has 0 unspecified atom stereocenters. The molecular weight excluding hydrogens is 188 g/mol. The third-order valence-electron chi connectivity index (χ3n) is 2.52. The third-order valence-corrected chi connectivity index (χ3v) is 2.52. The zero-order chi connectivity index (χ0) is 10.7. The normalized spacial score (nSPS) is 10.8. The van der Waals surface area contributed by atoms with E-state index in [1.54, 1.807) is 0 Å². The summed E-state index contributed by atoms with van der Waals surface area (Å²) in [7, 11) is 0. The minimum absolute atomic E-state index is 0.740. The summed E-state index contributed by atoms with van der Waals surface area (Å²) in [4.78, 5) is 4.41. The van der Waals surface area contributed by atoms with Crippen LogP contribution in [-0.4, -0.2) is 9.55 Å². The van der Waals surface area contributed by atoms with Crippen molar-refractivity contribution in [1.82, 2.24) is 9.55 Å². The van der Waals surface area contributed by atoms with Gasteiger partial charge in [-0.3, -0.25) is 5.43 Å². The molecule has 0 bridgehead atoms. The smallest absolute Gasteiger partial charge is 0.218 e. The van der Waals surface area contributed by atoms with Crippen LogP contribution in [0, 0.1) is 0 Å². The number of nitrogen functional groups attached to an aromatic ring is 1. The van der Waals surface area contributed by atoms with E-state index in [9.17, 15) is 0 Å². The lowest BCUT2D eigenvalue weighted by atomic mass is 10.3. The Morgan fingerprint density at radius 3 is 2.93 bits per heavy atom. The van der Waals surface area contributed by atoms with E-state index in [-0.39, 0.29) is 0 Å². The highest BCUT2D eigenvalue weighted by molar-refractivity contribution is 5.78. The third kappa shape index (κ3) is 1.80. The molecule has 15 heavy (non-hydrogen) atoms. The monoisotopic (exact) mass is 204 g/mol. The summed E-state index contributed by atoms with van der Waals surface area (Å²) in [6, 6.07) is 8.07. The highest BCUT2D eigenvalue weighted by atomic mass is 15.3. The van der Waals surface area contributed by atoms with Crippen LogP contribution in [0.25, 0.3) is 11.0 Å². The zero-order valence-electron chi connectivity index (χ0n) is 8.90. The number of anilines is 1. The van der Waals surface area contributed by atoms with Crippen LogP contribution in [0.15, 0.2) is 24.3 Å². The van der Waals surface area contributed by atoms with Gasteiger partial charge in [0.05, 0.1) is 11.0 Å². The number of para-hydroxylation sites is 2. The van der Waals surface area contributed by atoms with Gasteiger partial charge in [-0.25, -0.2) is 10.8 Å². The summed E-state index contributed by atoms with van der Waals surface area (Å²) in [6.45, 7) is 3.13. The lowest BCUT2D eigenvalue weighted by Crippen LogP contribution is -2.13. The maximum Gasteiger partial charge on any atom is 0.218 e. The van der Waals surface area contributed by atoms with Gasteiger partial charge in [0, 0.05) is 6.54 Å². The first-order chi connectivity index (χ1) is 7.36. The molecule has 1 heterocycles. The molecule has 1 aromatic heterocycles. The van der Waals surface area contributed by atoms with Crippen molar-refractivity contribution in [2.24, 2.45) is 5.84 Å². The van der Waals surface area contributed by atoms with Gasteiger partial charge in [0.2, 0.25) is 5.95 Å². The molecule has 3 N–H and O–H groups in total. The molecule has 4 heteroatoms. The van der Waals surface area contributed by atoms with Crippen molar-refractivity contribution >= 4 is 17.0 Å². The highest BCUT2D eigenvalue weighted by Crippen LogP contribution is 2.19. The number of hydrazine groups is 1. The number of aromatic nitrogens is 2. The summed E-state index contributed by atoms with van der Waals surface area (Å²) >= 11 is 0. The van der Waals surface area contributed by atoms with E-state index in [0.717, 1.165) is 36.4 Å². The Kier molecular flexibility index (Phi) is 2.87. The van der Waals surface area contributed by atoms with Gasteiger partial charge in [-0.1, -0.05) is 25.5 Å². The predicted octanol–water partition coefficient (Wildman–Crippen LogP) is 2.12. The van der Waals surface area contributed by atoms with Crippen LogP contribution in [-0.2, 0) is 6.54 Å². The summed E-state index contributed by atoms with van der Waals surface area (Å²) in [5.41, 5.74) is 4.77. The van der Waals surface area contributed by atoms with Crippen LogP contribution in [0.1, 0.15) is 19.8 Å². The fourth-order valence-electron chi connectivity index (χ4n) is 1.73. The highest BCUT2D eigenvalue weighted by Gasteiger charge is 2.07. The zero-order valence-corrected chi connectivity index (χ0v) is 8.90. The molecule has 1 aromatic carbocycles. The fraction of sp³-hybridized carbons (Fsp3) is 0.364. The molecule has 80 valence electrons. The molecule has 0 saturated heterocycles. The number of nitrogens with two attached hydrogens (primary N) is 1. The van der Waals surface area contributed by atoms with Crippen molar-refractivity contribution in [3.8, 4) is 0 Å². The van der Waals surface area contributed by atoms with E-state index in [1.165, 1.54) is 0 Å². The first-order valence-corrected chi connectivity index (χ1v) is 5.28. The van der Waals surface area contributed by atoms with Gasteiger partial charge in [0.25, 0.3) is 0 Å². The fourth-order valence-corrected chi connectivity index (χ4v) is 1.73. The van der Waals surface area contributed by atoms with Crippen LogP contribution in [0.2, 0.25) is 0 Å². The van der Waals surface area contributed by atoms with Crippen molar-refractivity contribution in [1.29, 1.82) is 0 Å². The largest absolute Gasteiger partial charge is 0.309 e. The Bertz CT molecular complexity index is 447. The average molecular weight is 204 g/mol. The van der Waals surface area contributed by atoms with Gasteiger partial charge < -0.3 is 4.57 Å². The summed E-state index contributed by atoms with van der Waals surface area (Å²) in [5, 5.41) is 0. The Hall–Kier alpha value is -1.55. The topological polar surface area (TPSA) is 55.9 Å². The van der Waals surface area contributed by atoms with Gasteiger partial charge >= 0.3 is 0 Å². The van der Waals surface area contributed by atoms with Gasteiger partial charge in [-0.05, 0) is 18.6 Å². The molecule has 0 saturated carbocycles. The molecule has 0 aliphatic rings. The van der Waals surface area contributed by atoms with Gasteiger partial charge in [-0.15, -0.1) is 0 Å². The molecule has 0 aliphatic heterocycles. The van der Waals surface area contributed by atoms with E-state index in [0.29, 0.717) is 0 Å². The Labute approximate surface area is 89.1 Å². The molecule has 0 atom stereocenters. The number of aryl methyl sites for hydroxylation is 1. The van der Waals surface area contributed by atoms with E-state index in [2.05, 4.69) is 28.0 Å². The lowest BCUT2D eigenvalue weighted by Gasteiger charge is -2.06. The van der Waals surface area contributed by atoms with Crippen molar-refractivity contribution < 1.29 is 0 Å². The SMILES string of the molecule is CCCCn1c(NN)nc2ccccc21. The first-order valence-electron chi connectivity index (χ1n) is 5.28. The second-order valence-corrected chi connectivity index (χ2v) is 3.57. The van der Waals surface area contributed by atoms with Gasteiger partial charge in [0.1, 0.15) is 0 Å². The van der Waals surface area contributed by atoms with Crippen molar-refractivity contribution in [2.75, 3.05) is 5.43 Å². The second kappa shape index (κ2) is 4.31. The number of hydrogen-bond donors (Lipinski definition) is 2. The predicted molar refractivity (Wildman–Crippen MR) is 62.5 cm³/mol. The number of nitrogens with one attached hydrogen (secondary N) is 1. The molecule has 0 amide bonds. The molecule has 4 nitrogen and oxygen atoms in total. The lowest BCUT2D eigenvalue weighted by molar-refractivity contribution is 0.650. The summed E-state index contributed by atoms with van der Waals surface area (Å²) < 4.78 is 2.12. The standard InChI is InChI=1S/C11H16N4/c1-2-3-8-15-10-7-5-4-6-9(10)13-11(15)14-12/h4-7H,2-3,8,12H2,1H3,(H,13,14). The van der Waals surface area contributed by atoms with Crippen LogP contribution in [0.5, 0.6) is 0 Å². The molecular formula is C11H16N4. The van der Waals surface area contributed by atoms with Crippen molar-refractivity contribution in [3.63, 3.8) is 0 Å². The number of unbranched alkanes of at least 4 members (excludes halogenated alkanes) is 1. The minimum atomic E-state index is 0.740. The first kappa shape index (κ1) is 9.98. The van der Waals surface area contributed by atoms with Crippen LogP contribution in [0.4, 0.5) is 5.95 Å². The average Bonchev–Trinajstić information content (AvgIpc) is 2.64. The molecule has 0 spiro atoms. The van der Waals surface area contributed by atoms with E-state index < -0.39 is 0 Å². The number of rotatable bonds is 4. The van der Waals surface area contributed by atoms with Crippen LogP contribution in [0.3, 0.4) is 0 Å². The molecule has 0 aliphatic carbocycles. The number of imidazole rings is 1. The molecule has 2 rings (SSSR count). The Balaban J connectivity index is 2.47.